The number of anilines is 1. The molecule has 1 aliphatic rings. The van der Waals surface area contributed by atoms with Crippen LogP contribution in [-0.4, -0.2) is 36.3 Å². The summed E-state index contributed by atoms with van der Waals surface area (Å²) in [4.78, 5) is 22.8. The van der Waals surface area contributed by atoms with Gasteiger partial charge in [-0.05, 0) is 12.1 Å². The van der Waals surface area contributed by atoms with Gasteiger partial charge in [-0.15, -0.1) is 11.3 Å². The first-order chi connectivity index (χ1) is 14.8. The predicted molar refractivity (Wildman–Crippen MR) is 124 cm³/mol. The molecule has 2 aromatic heterocycles. The van der Waals surface area contributed by atoms with Gasteiger partial charge < -0.3 is 9.64 Å². The third kappa shape index (κ3) is 2.72. The largest absolute Gasteiger partial charge is 0.378 e. The molecule has 3 aromatic carbocycles. The first-order valence-electron chi connectivity index (χ1n) is 10.1. The Balaban J connectivity index is 1.63. The van der Waals surface area contributed by atoms with Gasteiger partial charge in [-0.25, -0.2) is 4.98 Å². The van der Waals surface area contributed by atoms with E-state index in [2.05, 4.69) is 58.4 Å². The van der Waals surface area contributed by atoms with Gasteiger partial charge in [0.1, 0.15) is 0 Å². The van der Waals surface area contributed by atoms with Crippen molar-refractivity contribution in [1.29, 1.82) is 0 Å². The zero-order valence-corrected chi connectivity index (χ0v) is 17.0. The van der Waals surface area contributed by atoms with Crippen LogP contribution in [0.15, 0.2) is 65.5 Å². The highest BCUT2D eigenvalue weighted by Gasteiger charge is 2.18. The van der Waals surface area contributed by atoms with Gasteiger partial charge in [-0.2, -0.15) is 0 Å². The van der Waals surface area contributed by atoms with Crippen LogP contribution in [0.5, 0.6) is 0 Å². The Morgan fingerprint density at radius 1 is 0.867 bits per heavy atom. The normalized spacial score (nSPS) is 14.7. The Hall–Kier alpha value is -3.22. The van der Waals surface area contributed by atoms with Gasteiger partial charge in [-0.1, -0.05) is 48.5 Å². The number of thiophene rings is 1. The second kappa shape index (κ2) is 6.93. The fourth-order valence-corrected chi connectivity index (χ4v) is 5.48. The number of aromatic nitrogens is 2. The number of nitrogens with zero attached hydrogens (tertiary/aromatic N) is 2. The number of benzene rings is 3. The first kappa shape index (κ1) is 17.6. The van der Waals surface area contributed by atoms with E-state index in [0.717, 1.165) is 29.7 Å². The van der Waals surface area contributed by atoms with E-state index in [4.69, 9.17) is 9.72 Å². The van der Waals surface area contributed by atoms with Crippen LogP contribution >= 0.6 is 11.3 Å². The number of morpholine rings is 1. The van der Waals surface area contributed by atoms with Crippen LogP contribution in [0, 0.1) is 0 Å². The number of aromatic amines is 1. The average molecular weight is 414 g/mol. The molecular weight excluding hydrogens is 394 g/mol. The van der Waals surface area contributed by atoms with Gasteiger partial charge >= 0.3 is 0 Å². The molecule has 0 aliphatic carbocycles. The van der Waals surface area contributed by atoms with Gasteiger partial charge in [0.2, 0.25) is 5.95 Å². The molecule has 0 saturated carbocycles. The minimum atomic E-state index is -0.105. The summed E-state index contributed by atoms with van der Waals surface area (Å²) >= 11 is 1.79. The molecule has 30 heavy (non-hydrogen) atoms. The zero-order valence-electron chi connectivity index (χ0n) is 16.2. The van der Waals surface area contributed by atoms with Gasteiger partial charge in [0, 0.05) is 44.4 Å². The zero-order chi connectivity index (χ0) is 20.1. The quantitative estimate of drug-likeness (QED) is 0.452. The van der Waals surface area contributed by atoms with Crippen molar-refractivity contribution in [2.45, 2.75) is 0 Å². The molecule has 0 amide bonds. The summed E-state index contributed by atoms with van der Waals surface area (Å²) in [5.74, 6) is 0.617. The summed E-state index contributed by atoms with van der Waals surface area (Å²) in [6, 6.07) is 20.7. The summed E-state index contributed by atoms with van der Waals surface area (Å²) in [6.45, 7) is 2.74. The average Bonchev–Trinajstić information content (AvgIpc) is 3.18. The van der Waals surface area contributed by atoms with E-state index in [-0.39, 0.29) is 5.56 Å². The number of para-hydroxylation sites is 1. The molecule has 0 radical (unpaired) electrons. The molecular formula is C24H19N3O2S. The van der Waals surface area contributed by atoms with Gasteiger partial charge in [0.15, 0.2) is 0 Å². The Bertz CT molecular complexity index is 1460. The third-order valence-corrected chi connectivity index (χ3v) is 6.95. The topological polar surface area (TPSA) is 58.2 Å². The minimum absolute atomic E-state index is 0.105. The van der Waals surface area contributed by atoms with Crippen molar-refractivity contribution in [3.05, 3.63) is 71.0 Å². The summed E-state index contributed by atoms with van der Waals surface area (Å²) in [5, 5.41) is 3.12. The van der Waals surface area contributed by atoms with Crippen LogP contribution in [0.4, 0.5) is 5.95 Å². The van der Waals surface area contributed by atoms with Crippen molar-refractivity contribution >= 4 is 48.4 Å². The van der Waals surface area contributed by atoms with Crippen molar-refractivity contribution in [1.82, 2.24) is 9.97 Å². The molecule has 6 heteroatoms. The second-order valence-electron chi connectivity index (χ2n) is 7.47. The molecule has 1 N–H and O–H groups in total. The molecule has 1 aliphatic heterocycles. The van der Waals surface area contributed by atoms with E-state index in [9.17, 15) is 4.79 Å². The summed E-state index contributed by atoms with van der Waals surface area (Å²) in [6.07, 6.45) is 0. The standard InChI is InChI=1S/C24H19N3O2S/c28-23-19-9-3-6-16(21(19)25-24(26-23)27-11-13-29-14-12-27)18-8-4-7-17-15-5-1-2-10-20(15)30-22(17)18/h1-10H,11-14H2,(H,25,26,28). The van der Waals surface area contributed by atoms with E-state index in [0.29, 0.717) is 24.5 Å². The van der Waals surface area contributed by atoms with Crippen LogP contribution in [-0.2, 0) is 4.74 Å². The molecule has 3 heterocycles. The molecule has 6 rings (SSSR count). The molecule has 0 atom stereocenters. The fraction of sp³-hybridized carbons (Fsp3) is 0.167. The molecule has 0 spiro atoms. The Kier molecular flexibility index (Phi) is 4.07. The summed E-state index contributed by atoms with van der Waals surface area (Å²) in [5.41, 5.74) is 2.75. The number of hydrogen-bond acceptors (Lipinski definition) is 5. The maximum Gasteiger partial charge on any atom is 0.260 e. The lowest BCUT2D eigenvalue weighted by molar-refractivity contribution is 0.122. The Morgan fingerprint density at radius 3 is 2.47 bits per heavy atom. The maximum atomic E-state index is 12.9. The van der Waals surface area contributed by atoms with E-state index in [1.165, 1.54) is 20.2 Å². The summed E-state index contributed by atoms with van der Waals surface area (Å²) in [7, 11) is 0. The van der Waals surface area contributed by atoms with Crippen LogP contribution in [0.3, 0.4) is 0 Å². The summed E-state index contributed by atoms with van der Waals surface area (Å²) < 4.78 is 7.94. The van der Waals surface area contributed by atoms with Crippen molar-refractivity contribution < 1.29 is 4.74 Å². The van der Waals surface area contributed by atoms with E-state index in [1.54, 1.807) is 11.3 Å². The van der Waals surface area contributed by atoms with Crippen molar-refractivity contribution in [2.24, 2.45) is 0 Å². The molecule has 5 nitrogen and oxygen atoms in total. The maximum absolute atomic E-state index is 12.9. The Labute approximate surface area is 176 Å². The van der Waals surface area contributed by atoms with E-state index < -0.39 is 0 Å². The molecule has 0 bridgehead atoms. The number of hydrogen-bond donors (Lipinski definition) is 1. The highest BCUT2D eigenvalue weighted by molar-refractivity contribution is 7.26. The number of H-pyrrole nitrogens is 1. The lowest BCUT2D eigenvalue weighted by Gasteiger charge is -2.27. The van der Waals surface area contributed by atoms with E-state index in [1.807, 2.05) is 12.1 Å². The molecule has 148 valence electrons. The molecule has 1 fully saturated rings. The van der Waals surface area contributed by atoms with Crippen LogP contribution in [0.1, 0.15) is 0 Å². The number of ether oxygens (including phenoxy) is 1. The van der Waals surface area contributed by atoms with Gasteiger partial charge in [0.25, 0.3) is 5.56 Å². The van der Waals surface area contributed by atoms with Crippen LogP contribution in [0.2, 0.25) is 0 Å². The lowest BCUT2D eigenvalue weighted by Crippen LogP contribution is -2.38. The van der Waals surface area contributed by atoms with Crippen molar-refractivity contribution in [2.75, 3.05) is 31.2 Å². The molecule has 1 saturated heterocycles. The predicted octanol–water partition coefficient (Wildman–Crippen LogP) is 4.79. The number of rotatable bonds is 2. The SMILES string of the molecule is O=c1[nH]c(N2CCOCC2)nc2c(-c3cccc4c3sc3ccccc34)cccc12. The molecule has 0 unspecified atom stereocenters. The minimum Gasteiger partial charge on any atom is -0.378 e. The molecule has 5 aromatic rings. The van der Waals surface area contributed by atoms with Crippen molar-refractivity contribution in [3.8, 4) is 11.1 Å². The van der Waals surface area contributed by atoms with E-state index >= 15 is 0 Å². The van der Waals surface area contributed by atoms with Crippen LogP contribution in [0.25, 0.3) is 42.2 Å². The smallest absolute Gasteiger partial charge is 0.260 e. The second-order valence-corrected chi connectivity index (χ2v) is 8.52. The number of nitrogens with one attached hydrogen (secondary N) is 1. The van der Waals surface area contributed by atoms with Gasteiger partial charge in [0.05, 0.1) is 24.1 Å². The lowest BCUT2D eigenvalue weighted by atomic mass is 10.0. The number of fused-ring (bicyclic) bond motifs is 4. The Morgan fingerprint density at radius 2 is 1.60 bits per heavy atom. The monoisotopic (exact) mass is 413 g/mol. The van der Waals surface area contributed by atoms with Crippen molar-refractivity contribution in [3.63, 3.8) is 0 Å². The highest BCUT2D eigenvalue weighted by Crippen LogP contribution is 2.41. The van der Waals surface area contributed by atoms with Crippen LogP contribution < -0.4 is 10.5 Å². The third-order valence-electron chi connectivity index (χ3n) is 5.73. The van der Waals surface area contributed by atoms with Gasteiger partial charge in [-0.3, -0.25) is 9.78 Å². The fourth-order valence-electron chi connectivity index (χ4n) is 4.25. The first-order valence-corrected chi connectivity index (χ1v) is 10.9. The highest BCUT2D eigenvalue weighted by atomic mass is 32.1.